The Kier molecular flexibility index (Phi) is 8.72. The molecule has 0 rings (SSSR count). The number of methoxy groups -OCH3 is 1. The van der Waals surface area contributed by atoms with Crippen LogP contribution in [0.2, 0.25) is 0 Å². The van der Waals surface area contributed by atoms with E-state index >= 15 is 0 Å². The van der Waals surface area contributed by atoms with Gasteiger partial charge in [0.15, 0.2) is 0 Å². The largest absolute Gasteiger partial charge is 0.396 e. The Hall–Kier alpha value is -0.200. The van der Waals surface area contributed by atoms with E-state index in [0.29, 0.717) is 26.2 Å². The Balaban J connectivity index is 3.75. The summed E-state index contributed by atoms with van der Waals surface area (Å²) >= 11 is 0. The third-order valence-electron chi connectivity index (χ3n) is 2.20. The molecule has 104 valence electrons. The van der Waals surface area contributed by atoms with Crippen LogP contribution in [0.1, 0.15) is 27.2 Å². The van der Waals surface area contributed by atoms with Gasteiger partial charge < -0.3 is 25.0 Å². The zero-order valence-corrected chi connectivity index (χ0v) is 11.4. The van der Waals surface area contributed by atoms with E-state index in [2.05, 4.69) is 5.32 Å². The maximum absolute atomic E-state index is 9.71. The quantitative estimate of drug-likeness (QED) is 0.542. The van der Waals surface area contributed by atoms with Gasteiger partial charge in [0.2, 0.25) is 0 Å². The van der Waals surface area contributed by atoms with Gasteiger partial charge in [-0.2, -0.15) is 0 Å². The summed E-state index contributed by atoms with van der Waals surface area (Å²) < 4.78 is 10.5. The molecule has 5 nitrogen and oxygen atoms in total. The Bertz CT molecular complexity index is 176. The minimum absolute atomic E-state index is 0.0642. The fourth-order valence-corrected chi connectivity index (χ4v) is 1.31. The molecule has 0 spiro atoms. The van der Waals surface area contributed by atoms with Crippen LogP contribution in [0.5, 0.6) is 0 Å². The lowest BCUT2D eigenvalue weighted by atomic mass is 10.2. The molecule has 0 radical (unpaired) electrons. The lowest BCUT2D eigenvalue weighted by Crippen LogP contribution is -2.41. The fourth-order valence-electron chi connectivity index (χ4n) is 1.31. The molecule has 3 N–H and O–H groups in total. The highest BCUT2D eigenvalue weighted by Gasteiger charge is 2.15. The van der Waals surface area contributed by atoms with Crippen molar-refractivity contribution in [2.45, 2.75) is 44.9 Å². The molecule has 2 atom stereocenters. The summed E-state index contributed by atoms with van der Waals surface area (Å²) in [6.07, 6.45) is 0.0630. The van der Waals surface area contributed by atoms with Crippen LogP contribution < -0.4 is 5.32 Å². The van der Waals surface area contributed by atoms with Crippen molar-refractivity contribution in [3.05, 3.63) is 0 Å². The summed E-state index contributed by atoms with van der Waals surface area (Å²) in [5, 5.41) is 21.7. The van der Waals surface area contributed by atoms with Crippen molar-refractivity contribution in [1.29, 1.82) is 0 Å². The Labute approximate surface area is 104 Å². The highest BCUT2D eigenvalue weighted by atomic mass is 16.5. The van der Waals surface area contributed by atoms with E-state index in [-0.39, 0.29) is 18.2 Å². The predicted octanol–water partition coefficient (Wildman–Crippen LogP) is 0.149. The highest BCUT2D eigenvalue weighted by molar-refractivity contribution is 4.70. The summed E-state index contributed by atoms with van der Waals surface area (Å²) in [4.78, 5) is 0. The van der Waals surface area contributed by atoms with E-state index < -0.39 is 6.10 Å². The number of aliphatic hydroxyl groups excluding tert-OH is 2. The van der Waals surface area contributed by atoms with Crippen LogP contribution in [-0.4, -0.2) is 61.4 Å². The monoisotopic (exact) mass is 249 g/mol. The Morgan fingerprint density at radius 3 is 2.35 bits per heavy atom. The Morgan fingerprint density at radius 2 is 1.88 bits per heavy atom. The molecule has 5 heteroatoms. The normalized spacial score (nSPS) is 15.9. The molecule has 0 aromatic rings. The van der Waals surface area contributed by atoms with Gasteiger partial charge in [0.05, 0.1) is 24.9 Å². The van der Waals surface area contributed by atoms with Gasteiger partial charge in [0, 0.05) is 26.3 Å². The average Bonchev–Trinajstić information content (AvgIpc) is 2.23. The minimum atomic E-state index is -0.549. The van der Waals surface area contributed by atoms with Crippen LogP contribution >= 0.6 is 0 Å². The van der Waals surface area contributed by atoms with Crippen molar-refractivity contribution in [1.82, 2.24) is 5.32 Å². The third kappa shape index (κ3) is 10.7. The van der Waals surface area contributed by atoms with E-state index in [0.717, 1.165) is 0 Å². The van der Waals surface area contributed by atoms with Crippen molar-refractivity contribution in [3.63, 3.8) is 0 Å². The molecule has 0 heterocycles. The molecule has 0 saturated heterocycles. The molecule has 0 amide bonds. The SMILES string of the molecule is COCC(CCO)NCC(O)COC(C)(C)C. The van der Waals surface area contributed by atoms with Crippen LogP contribution in [0.4, 0.5) is 0 Å². The summed E-state index contributed by atoms with van der Waals surface area (Å²) in [5.41, 5.74) is -0.238. The van der Waals surface area contributed by atoms with Gasteiger partial charge in [-0.05, 0) is 27.2 Å². The smallest absolute Gasteiger partial charge is 0.0898 e. The number of ether oxygens (including phenoxy) is 2. The third-order valence-corrected chi connectivity index (χ3v) is 2.20. The molecular weight excluding hydrogens is 222 g/mol. The van der Waals surface area contributed by atoms with Crippen LogP contribution in [0, 0.1) is 0 Å². The summed E-state index contributed by atoms with van der Waals surface area (Å²) in [6.45, 7) is 7.22. The molecule has 2 unspecified atom stereocenters. The number of hydrogen-bond donors (Lipinski definition) is 3. The average molecular weight is 249 g/mol. The maximum atomic E-state index is 9.71. The molecule has 0 aliphatic carbocycles. The second-order valence-electron chi connectivity index (χ2n) is 5.15. The van der Waals surface area contributed by atoms with Crippen molar-refractivity contribution >= 4 is 0 Å². The van der Waals surface area contributed by atoms with Crippen molar-refractivity contribution in [3.8, 4) is 0 Å². The first-order valence-electron chi connectivity index (χ1n) is 6.04. The van der Waals surface area contributed by atoms with Gasteiger partial charge in [-0.3, -0.25) is 0 Å². The fraction of sp³-hybridized carbons (Fsp3) is 1.00. The van der Waals surface area contributed by atoms with Crippen LogP contribution in [0.15, 0.2) is 0 Å². The van der Waals surface area contributed by atoms with Crippen molar-refractivity contribution in [2.24, 2.45) is 0 Å². The van der Waals surface area contributed by atoms with E-state index in [1.807, 2.05) is 20.8 Å². The number of aliphatic hydroxyl groups is 2. The first-order valence-corrected chi connectivity index (χ1v) is 6.04. The van der Waals surface area contributed by atoms with Gasteiger partial charge in [0.25, 0.3) is 0 Å². The summed E-state index contributed by atoms with van der Waals surface area (Å²) in [7, 11) is 1.62. The topological polar surface area (TPSA) is 71.0 Å². The molecule has 0 saturated carbocycles. The van der Waals surface area contributed by atoms with E-state index in [4.69, 9.17) is 14.6 Å². The summed E-state index contributed by atoms with van der Waals surface area (Å²) in [6, 6.07) is 0.0642. The van der Waals surface area contributed by atoms with Gasteiger partial charge in [0.1, 0.15) is 0 Å². The van der Waals surface area contributed by atoms with Crippen LogP contribution in [0.25, 0.3) is 0 Å². The van der Waals surface area contributed by atoms with E-state index in [1.165, 1.54) is 0 Å². The van der Waals surface area contributed by atoms with Gasteiger partial charge in [-0.1, -0.05) is 0 Å². The standard InChI is InChI=1S/C12H27NO4/c1-12(2,3)17-9-11(15)7-13-10(5-6-14)8-16-4/h10-11,13-15H,5-9H2,1-4H3. The molecular formula is C12H27NO4. The molecule has 0 fully saturated rings. The van der Waals surface area contributed by atoms with Crippen molar-refractivity contribution < 1.29 is 19.7 Å². The van der Waals surface area contributed by atoms with Gasteiger partial charge in [-0.15, -0.1) is 0 Å². The molecule has 0 aromatic carbocycles. The maximum Gasteiger partial charge on any atom is 0.0898 e. The van der Waals surface area contributed by atoms with E-state index in [9.17, 15) is 5.11 Å². The molecule has 0 aliphatic heterocycles. The molecule has 0 aromatic heterocycles. The second kappa shape index (κ2) is 8.83. The number of hydrogen-bond acceptors (Lipinski definition) is 5. The minimum Gasteiger partial charge on any atom is -0.396 e. The lowest BCUT2D eigenvalue weighted by molar-refractivity contribution is -0.0489. The van der Waals surface area contributed by atoms with Gasteiger partial charge in [-0.25, -0.2) is 0 Å². The zero-order chi connectivity index (χ0) is 13.3. The predicted molar refractivity (Wildman–Crippen MR) is 67.1 cm³/mol. The Morgan fingerprint density at radius 1 is 1.24 bits per heavy atom. The molecule has 0 aliphatic rings. The second-order valence-corrected chi connectivity index (χ2v) is 5.15. The lowest BCUT2D eigenvalue weighted by Gasteiger charge is -2.23. The van der Waals surface area contributed by atoms with Crippen molar-refractivity contribution in [2.75, 3.05) is 33.5 Å². The highest BCUT2D eigenvalue weighted by Crippen LogP contribution is 2.06. The molecule has 0 bridgehead atoms. The first kappa shape index (κ1) is 16.8. The summed E-state index contributed by atoms with van der Waals surface area (Å²) in [5.74, 6) is 0. The zero-order valence-electron chi connectivity index (χ0n) is 11.4. The van der Waals surface area contributed by atoms with Crippen LogP contribution in [-0.2, 0) is 9.47 Å². The molecule has 17 heavy (non-hydrogen) atoms. The van der Waals surface area contributed by atoms with Crippen LogP contribution in [0.3, 0.4) is 0 Å². The van der Waals surface area contributed by atoms with E-state index in [1.54, 1.807) is 7.11 Å². The first-order chi connectivity index (χ1) is 7.89. The van der Waals surface area contributed by atoms with Gasteiger partial charge >= 0.3 is 0 Å². The number of rotatable bonds is 9. The number of nitrogens with one attached hydrogen (secondary N) is 1.